The van der Waals surface area contributed by atoms with E-state index in [1.165, 1.54) is 19.1 Å². The van der Waals surface area contributed by atoms with Crippen molar-refractivity contribution < 1.29 is 19.1 Å². The molecule has 2 aromatic rings. The van der Waals surface area contributed by atoms with E-state index in [0.717, 1.165) is 24.3 Å². The summed E-state index contributed by atoms with van der Waals surface area (Å²) >= 11 is 0. The molecule has 9 heteroatoms. The maximum atomic E-state index is 13.1. The fraction of sp³-hybridized carbons (Fsp3) is 0.240. The monoisotopic (exact) mass is 459 g/mol. The van der Waals surface area contributed by atoms with Crippen LogP contribution in [-0.2, 0) is 25.6 Å². The van der Waals surface area contributed by atoms with Crippen LogP contribution in [0, 0.1) is 11.3 Å². The third-order valence-corrected chi connectivity index (χ3v) is 5.89. The molecule has 0 amide bonds. The van der Waals surface area contributed by atoms with Crippen molar-refractivity contribution in [1.29, 1.82) is 5.26 Å². The Morgan fingerprint density at radius 3 is 2.50 bits per heavy atom. The Hall–Kier alpha value is -4.29. The summed E-state index contributed by atoms with van der Waals surface area (Å²) in [6, 6.07) is 16.6. The molecule has 0 fully saturated rings. The van der Waals surface area contributed by atoms with Gasteiger partial charge in [-0.3, -0.25) is 4.90 Å². The number of allylic oxidation sites excluding steroid dienone is 1. The zero-order valence-corrected chi connectivity index (χ0v) is 18.9. The number of fused-ring (bicyclic) bond motifs is 1. The Bertz CT molecular complexity index is 1230. The molecule has 0 radical (unpaired) electrons. The van der Waals surface area contributed by atoms with Gasteiger partial charge in [0.25, 0.3) is 0 Å². The van der Waals surface area contributed by atoms with E-state index in [9.17, 15) is 14.9 Å². The highest BCUT2D eigenvalue weighted by Crippen LogP contribution is 2.43. The van der Waals surface area contributed by atoms with Crippen LogP contribution in [0.2, 0.25) is 0 Å². The number of nitriles is 1. The van der Waals surface area contributed by atoms with Crippen molar-refractivity contribution >= 4 is 23.3 Å². The lowest BCUT2D eigenvalue weighted by Gasteiger charge is -2.36. The number of benzene rings is 2. The Labute approximate surface area is 197 Å². The quantitative estimate of drug-likeness (QED) is 0.589. The van der Waals surface area contributed by atoms with Crippen LogP contribution < -0.4 is 21.3 Å². The summed E-state index contributed by atoms with van der Waals surface area (Å²) in [7, 11) is 2.45. The van der Waals surface area contributed by atoms with E-state index < -0.39 is 17.9 Å². The molecule has 4 rings (SSSR count). The molecular formula is C25H25N5O4. The number of ether oxygens (including phenoxy) is 2. The molecule has 9 nitrogen and oxygen atoms in total. The van der Waals surface area contributed by atoms with Gasteiger partial charge in [0.15, 0.2) is 0 Å². The lowest BCUT2D eigenvalue weighted by Crippen LogP contribution is -2.40. The summed E-state index contributed by atoms with van der Waals surface area (Å²) in [6.45, 7) is 2.18. The number of hydrogen-bond donors (Lipinski definition) is 3. The van der Waals surface area contributed by atoms with E-state index in [1.807, 2.05) is 18.2 Å². The average Bonchev–Trinajstić information content (AvgIpc) is 3.12. The minimum atomic E-state index is -0.895. The normalized spacial score (nSPS) is 17.8. The van der Waals surface area contributed by atoms with Gasteiger partial charge in [-0.2, -0.15) is 5.26 Å². The van der Waals surface area contributed by atoms with Crippen molar-refractivity contribution in [2.24, 2.45) is 5.73 Å². The summed E-state index contributed by atoms with van der Waals surface area (Å²) in [5.41, 5.74) is 9.62. The van der Waals surface area contributed by atoms with Gasteiger partial charge in [0.1, 0.15) is 11.5 Å². The number of nitrogens with two attached hydrogens (primary N) is 1. The molecule has 0 saturated heterocycles. The predicted molar refractivity (Wildman–Crippen MR) is 126 cm³/mol. The standard InChI is InChI=1S/C25H25N5O4/c1-33-24(31)21-20(15-6-4-3-5-7-15)18(13-26)23(27)30(22(21)25(32)34-2)17-8-9-19-16(12-17)14-28-10-11-29-19/h3-9,12,20,28-29H,10-11,14,27H2,1-2H3. The van der Waals surface area contributed by atoms with Gasteiger partial charge in [0.2, 0.25) is 0 Å². The second-order valence-corrected chi connectivity index (χ2v) is 7.78. The Balaban J connectivity index is 2.00. The molecule has 174 valence electrons. The molecule has 0 bridgehead atoms. The number of nitrogens with zero attached hydrogens (tertiary/aromatic N) is 2. The highest BCUT2D eigenvalue weighted by atomic mass is 16.5. The number of methoxy groups -OCH3 is 2. The van der Waals surface area contributed by atoms with E-state index >= 15 is 0 Å². The fourth-order valence-electron chi connectivity index (χ4n) is 4.33. The highest BCUT2D eigenvalue weighted by molar-refractivity contribution is 6.06. The number of carbonyl (C=O) groups excluding carboxylic acids is 2. The first-order valence-electron chi connectivity index (χ1n) is 10.7. The van der Waals surface area contributed by atoms with E-state index in [2.05, 4.69) is 16.7 Å². The molecule has 4 N–H and O–H groups in total. The SMILES string of the molecule is COC(=O)C1=C(C(=O)OC)N(c2ccc3c(c2)CNCCN3)C(N)=C(C#N)C1c1ccccc1. The average molecular weight is 460 g/mol. The van der Waals surface area contributed by atoms with Crippen molar-refractivity contribution in [3.05, 3.63) is 82.3 Å². The summed E-state index contributed by atoms with van der Waals surface area (Å²) in [5.74, 6) is -2.38. The van der Waals surface area contributed by atoms with Crippen LogP contribution in [0.25, 0.3) is 0 Å². The van der Waals surface area contributed by atoms with Crippen LogP contribution in [0.1, 0.15) is 17.0 Å². The maximum Gasteiger partial charge on any atom is 0.355 e. The molecule has 2 aliphatic rings. The minimum absolute atomic E-state index is 0.0162. The molecule has 1 atom stereocenters. The lowest BCUT2D eigenvalue weighted by molar-refractivity contribution is -0.139. The van der Waals surface area contributed by atoms with Crippen LogP contribution in [0.15, 0.2) is 71.2 Å². The molecule has 0 aliphatic carbocycles. The fourth-order valence-corrected chi connectivity index (χ4v) is 4.33. The first-order chi connectivity index (χ1) is 16.5. The first kappa shape index (κ1) is 22.9. The van der Waals surface area contributed by atoms with Crippen LogP contribution in [0.3, 0.4) is 0 Å². The lowest BCUT2D eigenvalue weighted by atomic mass is 9.81. The van der Waals surface area contributed by atoms with Gasteiger partial charge in [-0.25, -0.2) is 9.59 Å². The zero-order valence-electron chi connectivity index (χ0n) is 18.9. The Kier molecular flexibility index (Phi) is 6.52. The third kappa shape index (κ3) is 3.95. The van der Waals surface area contributed by atoms with Crippen molar-refractivity contribution in [2.75, 3.05) is 37.5 Å². The number of esters is 2. The largest absolute Gasteiger partial charge is 0.466 e. The smallest absolute Gasteiger partial charge is 0.355 e. The number of hydrogen-bond acceptors (Lipinski definition) is 9. The van der Waals surface area contributed by atoms with Gasteiger partial charge >= 0.3 is 11.9 Å². The molecule has 2 aromatic carbocycles. The molecular weight excluding hydrogens is 434 g/mol. The van der Waals surface area contributed by atoms with Gasteiger partial charge in [-0.1, -0.05) is 30.3 Å². The van der Waals surface area contributed by atoms with Gasteiger partial charge in [0.05, 0.1) is 37.4 Å². The van der Waals surface area contributed by atoms with Crippen LogP contribution in [-0.4, -0.2) is 39.2 Å². The second-order valence-electron chi connectivity index (χ2n) is 7.78. The molecule has 0 spiro atoms. The Morgan fingerprint density at radius 2 is 1.82 bits per heavy atom. The second kappa shape index (κ2) is 9.68. The van der Waals surface area contributed by atoms with Crippen molar-refractivity contribution in [1.82, 2.24) is 5.32 Å². The van der Waals surface area contributed by atoms with Crippen LogP contribution in [0.4, 0.5) is 11.4 Å². The van der Waals surface area contributed by atoms with Crippen molar-refractivity contribution in [3.63, 3.8) is 0 Å². The topological polar surface area (TPSA) is 130 Å². The van der Waals surface area contributed by atoms with Crippen molar-refractivity contribution in [3.8, 4) is 6.07 Å². The number of carbonyl (C=O) groups is 2. The molecule has 2 aliphatic heterocycles. The molecule has 1 unspecified atom stereocenters. The summed E-state index contributed by atoms with van der Waals surface area (Å²) < 4.78 is 10.1. The van der Waals surface area contributed by atoms with Crippen LogP contribution in [0.5, 0.6) is 0 Å². The van der Waals surface area contributed by atoms with Gasteiger partial charge in [0, 0.05) is 31.0 Å². The maximum absolute atomic E-state index is 13.1. The number of rotatable bonds is 4. The molecule has 34 heavy (non-hydrogen) atoms. The van der Waals surface area contributed by atoms with E-state index in [4.69, 9.17) is 15.2 Å². The van der Waals surface area contributed by atoms with Gasteiger partial charge in [-0.15, -0.1) is 0 Å². The Morgan fingerprint density at radius 1 is 1.09 bits per heavy atom. The van der Waals surface area contributed by atoms with E-state index in [0.29, 0.717) is 17.8 Å². The molecule has 0 saturated carbocycles. The summed E-state index contributed by atoms with van der Waals surface area (Å²) in [4.78, 5) is 27.6. The van der Waals surface area contributed by atoms with Crippen LogP contribution >= 0.6 is 0 Å². The molecule has 2 heterocycles. The number of anilines is 2. The predicted octanol–water partition coefficient (Wildman–Crippen LogP) is 2.10. The summed E-state index contributed by atoms with van der Waals surface area (Å²) in [6.07, 6.45) is 0. The van der Waals surface area contributed by atoms with Crippen molar-refractivity contribution in [2.45, 2.75) is 12.5 Å². The highest BCUT2D eigenvalue weighted by Gasteiger charge is 2.43. The molecule has 0 aromatic heterocycles. The van der Waals surface area contributed by atoms with Gasteiger partial charge in [-0.05, 0) is 29.3 Å². The first-order valence-corrected chi connectivity index (χ1v) is 10.7. The summed E-state index contributed by atoms with van der Waals surface area (Å²) in [5, 5.41) is 16.8. The van der Waals surface area contributed by atoms with E-state index in [1.54, 1.807) is 30.3 Å². The van der Waals surface area contributed by atoms with E-state index in [-0.39, 0.29) is 22.7 Å². The third-order valence-electron chi connectivity index (χ3n) is 5.89. The zero-order chi connectivity index (χ0) is 24.2. The minimum Gasteiger partial charge on any atom is -0.466 e. The van der Waals surface area contributed by atoms with Gasteiger partial charge < -0.3 is 25.8 Å². The number of nitrogens with one attached hydrogen (secondary N) is 2.